The number of carbonyl (C=O) groups is 1. The molecule has 3 aromatic carbocycles. The van der Waals surface area contributed by atoms with E-state index >= 15 is 0 Å². The number of nitrogens with zero attached hydrogens (tertiary/aromatic N) is 2. The van der Waals surface area contributed by atoms with Gasteiger partial charge in [-0.3, -0.25) is 4.79 Å². The maximum atomic E-state index is 12.3. The number of nitrogen functional groups attached to an aromatic ring is 1. The van der Waals surface area contributed by atoms with Gasteiger partial charge >= 0.3 is 0 Å². The third-order valence-electron chi connectivity index (χ3n) is 7.09. The van der Waals surface area contributed by atoms with E-state index in [-0.39, 0.29) is 5.91 Å². The van der Waals surface area contributed by atoms with Gasteiger partial charge in [0.1, 0.15) is 23.1 Å². The number of pyridine rings is 2. The topological polar surface area (TPSA) is 99.4 Å². The Morgan fingerprint density at radius 2 is 1.30 bits per heavy atom. The fourth-order valence-corrected chi connectivity index (χ4v) is 5.67. The van der Waals surface area contributed by atoms with Crippen molar-refractivity contribution in [3.63, 3.8) is 0 Å². The predicted octanol–water partition coefficient (Wildman–Crippen LogP) is 8.16. The minimum atomic E-state index is -0.306. The molecule has 2 aromatic heterocycles. The summed E-state index contributed by atoms with van der Waals surface area (Å²) in [6.45, 7) is 1.41. The Kier molecular flexibility index (Phi) is 8.38. The molecule has 0 fully saturated rings. The Morgan fingerprint density at radius 3 is 1.84 bits per heavy atom. The fraction of sp³-hybridized carbons (Fsp3) is 0.121. The van der Waals surface area contributed by atoms with Crippen molar-refractivity contribution in [1.29, 1.82) is 0 Å². The van der Waals surface area contributed by atoms with Crippen molar-refractivity contribution in [3.8, 4) is 33.8 Å². The first kappa shape index (κ1) is 28.8. The van der Waals surface area contributed by atoms with Gasteiger partial charge < -0.3 is 20.5 Å². The van der Waals surface area contributed by atoms with E-state index < -0.39 is 0 Å². The zero-order chi connectivity index (χ0) is 29.9. The lowest BCUT2D eigenvalue weighted by atomic mass is 10.0. The number of rotatable bonds is 4. The number of ether oxygens (including phenoxy) is 2. The van der Waals surface area contributed by atoms with Gasteiger partial charge in [0.25, 0.3) is 5.91 Å². The highest BCUT2D eigenvalue weighted by Gasteiger charge is 2.18. The maximum Gasteiger partial charge on any atom is 0.258 e. The van der Waals surface area contributed by atoms with Crippen molar-refractivity contribution in [2.75, 3.05) is 24.3 Å². The van der Waals surface area contributed by atoms with Gasteiger partial charge in [0.05, 0.1) is 23.8 Å². The molecule has 2 aliphatic rings. The Morgan fingerprint density at radius 1 is 0.721 bits per heavy atom. The molecule has 5 aromatic rings. The molecule has 0 atom stereocenters. The molecule has 7 rings (SSSR count). The summed E-state index contributed by atoms with van der Waals surface area (Å²) < 4.78 is 11.1. The van der Waals surface area contributed by atoms with E-state index in [4.69, 9.17) is 50.0 Å². The normalized spacial score (nSPS) is 12.7. The zero-order valence-corrected chi connectivity index (χ0v) is 25.0. The van der Waals surface area contributed by atoms with Crippen LogP contribution in [0.1, 0.15) is 21.5 Å². The van der Waals surface area contributed by atoms with E-state index in [2.05, 4.69) is 15.3 Å². The van der Waals surface area contributed by atoms with Crippen molar-refractivity contribution >= 4 is 52.3 Å². The molecular weight excluding hydrogens is 607 g/mol. The van der Waals surface area contributed by atoms with Crippen LogP contribution in [0.25, 0.3) is 22.3 Å². The molecule has 43 heavy (non-hydrogen) atoms. The molecular formula is C33H25Cl3N4O3. The number of carbonyl (C=O) groups excluding carboxylic acids is 1. The van der Waals surface area contributed by atoms with E-state index in [9.17, 15) is 4.79 Å². The molecule has 0 aliphatic carbocycles. The van der Waals surface area contributed by atoms with Crippen LogP contribution in [0.4, 0.5) is 11.6 Å². The van der Waals surface area contributed by atoms with Gasteiger partial charge in [-0.1, -0.05) is 46.9 Å². The van der Waals surface area contributed by atoms with Gasteiger partial charge in [0.15, 0.2) is 0 Å². The molecule has 0 saturated heterocycles. The monoisotopic (exact) mass is 630 g/mol. The number of hydrogen-bond donors (Lipinski definition) is 2. The first-order valence-electron chi connectivity index (χ1n) is 13.5. The smallest absolute Gasteiger partial charge is 0.258 e. The molecule has 0 unspecified atom stereocenters. The number of amides is 1. The molecule has 0 radical (unpaired) electrons. The number of halogens is 3. The van der Waals surface area contributed by atoms with Crippen molar-refractivity contribution in [1.82, 2.24) is 9.97 Å². The SMILES string of the molecule is Nc1ccc(-c2cc3c(cc2Cl)CCO3)cn1.O=C(Nc1ccc(-c2cc3c(cc2Cl)CCO3)cn1)c1ccccc1Cl. The lowest BCUT2D eigenvalue weighted by Gasteiger charge is -2.09. The van der Waals surface area contributed by atoms with Crippen LogP contribution in [0, 0.1) is 0 Å². The van der Waals surface area contributed by atoms with E-state index in [1.807, 2.05) is 36.4 Å². The lowest BCUT2D eigenvalue weighted by Crippen LogP contribution is -2.13. The van der Waals surface area contributed by atoms with Crippen LogP contribution < -0.4 is 20.5 Å². The molecule has 3 N–H and O–H groups in total. The maximum absolute atomic E-state index is 12.3. The molecule has 0 spiro atoms. The van der Waals surface area contributed by atoms with Crippen molar-refractivity contribution in [2.45, 2.75) is 12.8 Å². The molecule has 2 aliphatic heterocycles. The second kappa shape index (κ2) is 12.5. The van der Waals surface area contributed by atoms with E-state index in [1.165, 1.54) is 5.56 Å². The van der Waals surface area contributed by atoms with Crippen LogP contribution in [0.3, 0.4) is 0 Å². The summed E-state index contributed by atoms with van der Waals surface area (Å²) in [5.74, 6) is 2.41. The number of nitrogens with two attached hydrogens (primary N) is 1. The molecule has 10 heteroatoms. The second-order valence-electron chi connectivity index (χ2n) is 9.91. The van der Waals surface area contributed by atoms with Crippen LogP contribution >= 0.6 is 34.8 Å². The highest BCUT2D eigenvalue weighted by atomic mass is 35.5. The number of hydrogen-bond acceptors (Lipinski definition) is 6. The number of nitrogens with one attached hydrogen (secondary N) is 1. The Labute approximate surface area is 263 Å². The zero-order valence-electron chi connectivity index (χ0n) is 22.7. The Bertz CT molecular complexity index is 1810. The standard InChI is InChI=1S/C20H14Cl2N2O2.C13H11ClN2O/c21-16-4-2-1-3-14(16)20(25)24-19-6-5-13(11-23-19)15-10-18-12(7-8-26-18)9-17(15)22;14-11-5-8-3-4-17-12(8)6-10(11)9-1-2-13(15)16-7-9/h1-6,9-11H,7-8H2,(H,23,24,25);1-2,5-7H,3-4H2,(H2,15,16). The van der Waals surface area contributed by atoms with E-state index in [0.717, 1.165) is 63.8 Å². The highest BCUT2D eigenvalue weighted by molar-refractivity contribution is 6.34. The Hall–Kier alpha value is -4.30. The molecule has 0 saturated carbocycles. The molecule has 0 bridgehead atoms. The van der Waals surface area contributed by atoms with E-state index in [1.54, 1.807) is 48.8 Å². The van der Waals surface area contributed by atoms with Crippen LogP contribution in [0.2, 0.25) is 15.1 Å². The van der Waals surface area contributed by atoms with Gasteiger partial charge in [-0.15, -0.1) is 0 Å². The largest absolute Gasteiger partial charge is 0.493 e. The number of aromatic nitrogens is 2. The minimum Gasteiger partial charge on any atom is -0.493 e. The molecule has 1 amide bonds. The molecule has 4 heterocycles. The van der Waals surface area contributed by atoms with Crippen molar-refractivity contribution in [2.24, 2.45) is 0 Å². The minimum absolute atomic E-state index is 0.306. The van der Waals surface area contributed by atoms with Crippen LogP contribution in [0.5, 0.6) is 11.5 Å². The van der Waals surface area contributed by atoms with Gasteiger partial charge in [-0.2, -0.15) is 0 Å². The van der Waals surface area contributed by atoms with Crippen molar-refractivity contribution in [3.05, 3.63) is 117 Å². The average Bonchev–Trinajstić information content (AvgIpc) is 3.66. The quantitative estimate of drug-likeness (QED) is 0.208. The summed E-state index contributed by atoms with van der Waals surface area (Å²) in [7, 11) is 0. The first-order chi connectivity index (χ1) is 20.9. The number of fused-ring (bicyclic) bond motifs is 2. The summed E-state index contributed by atoms with van der Waals surface area (Å²) in [6, 6.07) is 21.9. The third-order valence-corrected chi connectivity index (χ3v) is 8.05. The second-order valence-corrected chi connectivity index (χ2v) is 11.1. The summed E-state index contributed by atoms with van der Waals surface area (Å²) in [6.07, 6.45) is 5.19. The molecule has 7 nitrogen and oxygen atoms in total. The average molecular weight is 632 g/mol. The number of anilines is 2. The number of benzene rings is 3. The van der Waals surface area contributed by atoms with Gasteiger partial charge in [-0.05, 0) is 71.8 Å². The van der Waals surface area contributed by atoms with Gasteiger partial charge in [-0.25, -0.2) is 9.97 Å². The van der Waals surface area contributed by atoms with Crippen LogP contribution in [-0.4, -0.2) is 29.1 Å². The van der Waals surface area contributed by atoms with Crippen LogP contribution in [-0.2, 0) is 12.8 Å². The summed E-state index contributed by atoms with van der Waals surface area (Å²) in [5, 5.41) is 4.52. The van der Waals surface area contributed by atoms with Gasteiger partial charge in [0.2, 0.25) is 0 Å². The van der Waals surface area contributed by atoms with Crippen molar-refractivity contribution < 1.29 is 14.3 Å². The fourth-order valence-electron chi connectivity index (χ4n) is 4.85. The molecule has 216 valence electrons. The Balaban J connectivity index is 0.000000167. The summed E-state index contributed by atoms with van der Waals surface area (Å²) in [4.78, 5) is 20.7. The summed E-state index contributed by atoms with van der Waals surface area (Å²) >= 11 is 18.7. The highest BCUT2D eigenvalue weighted by Crippen LogP contribution is 2.38. The van der Waals surface area contributed by atoms with E-state index in [0.29, 0.717) is 33.9 Å². The van der Waals surface area contributed by atoms with Gasteiger partial charge in [0, 0.05) is 57.5 Å². The third kappa shape index (κ3) is 6.39. The predicted molar refractivity (Wildman–Crippen MR) is 172 cm³/mol. The lowest BCUT2D eigenvalue weighted by molar-refractivity contribution is 0.102. The summed E-state index contributed by atoms with van der Waals surface area (Å²) in [5.41, 5.74) is 11.8. The first-order valence-corrected chi connectivity index (χ1v) is 14.6. The van der Waals surface area contributed by atoms with Crippen LogP contribution in [0.15, 0.2) is 85.2 Å².